The lowest BCUT2D eigenvalue weighted by atomic mass is 9.97. The first-order chi connectivity index (χ1) is 15.2. The molecule has 2 aromatic carbocycles. The van der Waals surface area contributed by atoms with Crippen molar-refractivity contribution in [3.8, 4) is 11.1 Å². The fourth-order valence-electron chi connectivity index (χ4n) is 4.42. The number of aromatic nitrogens is 1. The lowest BCUT2D eigenvalue weighted by Gasteiger charge is -2.33. The highest BCUT2D eigenvalue weighted by Crippen LogP contribution is 2.37. The number of nitrogens with zero attached hydrogens (tertiary/aromatic N) is 1. The van der Waals surface area contributed by atoms with Gasteiger partial charge < -0.3 is 15.4 Å². The second kappa shape index (κ2) is 8.65. The summed E-state index contributed by atoms with van der Waals surface area (Å²) >= 11 is 0. The third-order valence-electron chi connectivity index (χ3n) is 5.99. The molecule has 0 radical (unpaired) electrons. The van der Waals surface area contributed by atoms with Crippen molar-refractivity contribution in [3.63, 3.8) is 0 Å². The zero-order valence-corrected chi connectivity index (χ0v) is 18.8. The van der Waals surface area contributed by atoms with Crippen LogP contribution in [0.25, 0.3) is 22.0 Å². The van der Waals surface area contributed by atoms with Crippen molar-refractivity contribution in [2.45, 2.75) is 18.7 Å². The Hall–Kier alpha value is -2.75. The van der Waals surface area contributed by atoms with Crippen molar-refractivity contribution in [2.24, 2.45) is 0 Å². The standard InChI is InChI=1S/C23H26FN3O4S/c1-14(27-10-8-25-9-11-27)17-4-3-5-18-20(22(23(28)29)26-21(17)18)15-6-7-16(19(24)12-15)13-32(2,30)31/h3-7,12,14,25-26H,8-11,13H2,1-2H3,(H,28,29). The van der Waals surface area contributed by atoms with Gasteiger partial charge in [0, 0.05) is 55.0 Å². The molecule has 0 spiro atoms. The third kappa shape index (κ3) is 4.41. The Morgan fingerprint density at radius 1 is 1.22 bits per heavy atom. The van der Waals surface area contributed by atoms with E-state index in [0.717, 1.165) is 38.0 Å². The number of carboxylic acids is 1. The Kier molecular flexibility index (Phi) is 6.07. The van der Waals surface area contributed by atoms with Crippen LogP contribution < -0.4 is 5.32 Å². The summed E-state index contributed by atoms with van der Waals surface area (Å²) in [5.41, 5.74) is 2.51. The highest BCUT2D eigenvalue weighted by atomic mass is 32.2. The van der Waals surface area contributed by atoms with Gasteiger partial charge in [0.2, 0.25) is 0 Å². The van der Waals surface area contributed by atoms with Crippen molar-refractivity contribution in [2.75, 3.05) is 32.4 Å². The van der Waals surface area contributed by atoms with Crippen LogP contribution in [0, 0.1) is 5.82 Å². The summed E-state index contributed by atoms with van der Waals surface area (Å²) in [6.45, 7) is 5.68. The average molecular weight is 460 g/mol. The van der Waals surface area contributed by atoms with Crippen LogP contribution in [0.4, 0.5) is 4.39 Å². The Labute approximate surface area is 186 Å². The van der Waals surface area contributed by atoms with Crippen LogP contribution >= 0.6 is 0 Å². The van der Waals surface area contributed by atoms with Gasteiger partial charge in [-0.1, -0.05) is 30.3 Å². The van der Waals surface area contributed by atoms with E-state index < -0.39 is 27.4 Å². The number of piperazine rings is 1. The Morgan fingerprint density at radius 2 is 1.94 bits per heavy atom. The third-order valence-corrected chi connectivity index (χ3v) is 6.82. The summed E-state index contributed by atoms with van der Waals surface area (Å²) in [6, 6.07) is 9.95. The summed E-state index contributed by atoms with van der Waals surface area (Å²) in [4.78, 5) is 17.5. The number of aromatic carboxylic acids is 1. The molecule has 32 heavy (non-hydrogen) atoms. The molecule has 0 aliphatic carbocycles. The monoisotopic (exact) mass is 459 g/mol. The van der Waals surface area contributed by atoms with E-state index in [0.29, 0.717) is 22.0 Å². The second-order valence-corrected chi connectivity index (χ2v) is 10.4. The first-order valence-corrected chi connectivity index (χ1v) is 12.5. The molecule has 3 aromatic rings. The van der Waals surface area contributed by atoms with Crippen LogP contribution in [-0.4, -0.2) is 61.8 Å². The molecule has 1 aromatic heterocycles. The molecule has 1 aliphatic rings. The number of para-hydroxylation sites is 1. The molecule has 9 heteroatoms. The molecule has 170 valence electrons. The van der Waals surface area contributed by atoms with E-state index in [1.807, 2.05) is 18.2 Å². The number of hydrogen-bond donors (Lipinski definition) is 3. The maximum Gasteiger partial charge on any atom is 0.352 e. The number of hydrogen-bond acceptors (Lipinski definition) is 5. The number of sulfone groups is 1. The fraction of sp³-hybridized carbons (Fsp3) is 0.348. The SMILES string of the molecule is CC(c1cccc2c(-c3ccc(CS(C)(=O)=O)c(F)c3)c(C(=O)O)[nH]c12)N1CCNCC1. The van der Waals surface area contributed by atoms with Crippen LogP contribution in [0.3, 0.4) is 0 Å². The molecular formula is C23H26FN3O4S. The van der Waals surface area contributed by atoms with Gasteiger partial charge in [-0.3, -0.25) is 4.90 Å². The molecule has 0 bridgehead atoms. The lowest BCUT2D eigenvalue weighted by molar-refractivity contribution is 0.0692. The van der Waals surface area contributed by atoms with Crippen molar-refractivity contribution < 1.29 is 22.7 Å². The maximum absolute atomic E-state index is 14.7. The molecule has 1 unspecified atom stereocenters. The average Bonchev–Trinajstić information content (AvgIpc) is 3.14. The summed E-state index contributed by atoms with van der Waals surface area (Å²) in [5.74, 6) is -2.23. The van der Waals surface area contributed by atoms with Crippen molar-refractivity contribution in [1.82, 2.24) is 15.2 Å². The second-order valence-electron chi connectivity index (χ2n) is 8.29. The molecule has 1 saturated heterocycles. The number of rotatable bonds is 6. The van der Waals surface area contributed by atoms with Gasteiger partial charge in [0.25, 0.3) is 0 Å². The molecule has 1 aliphatic heterocycles. The van der Waals surface area contributed by atoms with E-state index in [1.165, 1.54) is 12.1 Å². The summed E-state index contributed by atoms with van der Waals surface area (Å²) in [5, 5.41) is 13.9. The summed E-state index contributed by atoms with van der Waals surface area (Å²) < 4.78 is 37.8. The first-order valence-electron chi connectivity index (χ1n) is 10.4. The summed E-state index contributed by atoms with van der Waals surface area (Å²) in [7, 11) is -3.40. The highest BCUT2D eigenvalue weighted by molar-refractivity contribution is 7.89. The van der Waals surface area contributed by atoms with E-state index in [9.17, 15) is 22.7 Å². The largest absolute Gasteiger partial charge is 0.477 e. The van der Waals surface area contributed by atoms with Crippen LogP contribution in [0.15, 0.2) is 36.4 Å². The molecule has 2 heterocycles. The molecular weight excluding hydrogens is 433 g/mol. The minimum absolute atomic E-state index is 0.0183. The molecule has 3 N–H and O–H groups in total. The van der Waals surface area contributed by atoms with E-state index >= 15 is 0 Å². The lowest BCUT2D eigenvalue weighted by Crippen LogP contribution is -2.44. The molecule has 1 atom stereocenters. The van der Waals surface area contributed by atoms with Gasteiger partial charge in [0.1, 0.15) is 11.5 Å². The Bertz CT molecular complexity index is 1280. The zero-order valence-electron chi connectivity index (χ0n) is 18.0. The smallest absolute Gasteiger partial charge is 0.352 e. The number of benzene rings is 2. The number of carbonyl (C=O) groups is 1. The van der Waals surface area contributed by atoms with Crippen LogP contribution in [0.5, 0.6) is 0 Å². The topological polar surface area (TPSA) is 102 Å². The minimum atomic E-state index is -3.40. The van der Waals surface area contributed by atoms with E-state index in [1.54, 1.807) is 6.07 Å². The van der Waals surface area contributed by atoms with Gasteiger partial charge in [-0.25, -0.2) is 17.6 Å². The van der Waals surface area contributed by atoms with Crippen molar-refractivity contribution in [1.29, 1.82) is 0 Å². The normalized spacial score (nSPS) is 16.3. The molecule has 0 amide bonds. The van der Waals surface area contributed by atoms with E-state index in [-0.39, 0.29) is 17.3 Å². The highest BCUT2D eigenvalue weighted by Gasteiger charge is 2.25. The fourth-order valence-corrected chi connectivity index (χ4v) is 5.22. The van der Waals surface area contributed by atoms with Gasteiger partial charge in [0.15, 0.2) is 9.84 Å². The van der Waals surface area contributed by atoms with Gasteiger partial charge in [-0.2, -0.15) is 0 Å². The van der Waals surface area contributed by atoms with Crippen LogP contribution in [-0.2, 0) is 15.6 Å². The van der Waals surface area contributed by atoms with Crippen LogP contribution in [0.1, 0.15) is 34.6 Å². The first kappa shape index (κ1) is 22.4. The zero-order chi connectivity index (χ0) is 23.0. The molecule has 7 nitrogen and oxygen atoms in total. The Balaban J connectivity index is 1.84. The number of carboxylic acid groups (broad SMARTS) is 1. The number of halogens is 1. The van der Waals surface area contributed by atoms with E-state index in [2.05, 4.69) is 22.1 Å². The van der Waals surface area contributed by atoms with E-state index in [4.69, 9.17) is 0 Å². The Morgan fingerprint density at radius 3 is 2.56 bits per heavy atom. The molecule has 0 saturated carbocycles. The number of nitrogens with one attached hydrogen (secondary N) is 2. The number of fused-ring (bicyclic) bond motifs is 1. The van der Waals surface area contributed by atoms with Gasteiger partial charge in [-0.15, -0.1) is 0 Å². The number of aromatic amines is 1. The number of H-pyrrole nitrogens is 1. The molecule has 4 rings (SSSR count). The van der Waals surface area contributed by atoms with Crippen molar-refractivity contribution >= 4 is 26.7 Å². The molecule has 1 fully saturated rings. The van der Waals surface area contributed by atoms with Gasteiger partial charge in [-0.05, 0) is 24.1 Å². The predicted octanol–water partition coefficient (Wildman–Crippen LogP) is 3.18. The van der Waals surface area contributed by atoms with Gasteiger partial charge in [0.05, 0.1) is 11.3 Å². The van der Waals surface area contributed by atoms with Crippen LogP contribution in [0.2, 0.25) is 0 Å². The summed E-state index contributed by atoms with van der Waals surface area (Å²) in [6.07, 6.45) is 1.05. The van der Waals surface area contributed by atoms with Gasteiger partial charge >= 0.3 is 5.97 Å². The maximum atomic E-state index is 14.7. The van der Waals surface area contributed by atoms with Crippen molar-refractivity contribution in [3.05, 3.63) is 59.0 Å². The minimum Gasteiger partial charge on any atom is -0.477 e. The predicted molar refractivity (Wildman–Crippen MR) is 122 cm³/mol. The quantitative estimate of drug-likeness (QED) is 0.523.